The molecule has 39 heavy (non-hydrogen) atoms. The molecule has 2 unspecified atom stereocenters. The molecule has 0 spiro atoms. The number of piperidine rings is 1. The number of hydrogen-bond donors (Lipinski definition) is 5. The zero-order valence-corrected chi connectivity index (χ0v) is 22.3. The molecule has 2 aromatic rings. The van der Waals surface area contributed by atoms with Gasteiger partial charge in [-0.15, -0.1) is 0 Å². The number of carbonyl (C=O) groups is 3. The number of amides is 1. The molecule has 2 aromatic carbocycles. The number of carbonyl (C=O) groups excluding carboxylic acids is 3. The van der Waals surface area contributed by atoms with Gasteiger partial charge in [0.25, 0.3) is 0 Å². The molecule has 1 heterocycles. The molecule has 7 N–H and O–H groups in total. The summed E-state index contributed by atoms with van der Waals surface area (Å²) in [5.74, 6) is -2.83. The number of nitrogens with zero attached hydrogens (tertiary/aromatic N) is 1. The highest BCUT2D eigenvalue weighted by Crippen LogP contribution is 2.32. The quantitative estimate of drug-likeness (QED) is 0.119. The van der Waals surface area contributed by atoms with Crippen LogP contribution in [0.15, 0.2) is 47.4 Å². The van der Waals surface area contributed by atoms with Gasteiger partial charge >= 0.3 is 11.9 Å². The Morgan fingerprint density at radius 3 is 2.49 bits per heavy atom. The molecule has 0 aromatic heterocycles. The number of guanidine groups is 1. The van der Waals surface area contributed by atoms with Crippen LogP contribution in [0, 0.1) is 17.2 Å². The van der Waals surface area contributed by atoms with Crippen molar-refractivity contribution in [2.24, 2.45) is 23.3 Å². The maximum atomic E-state index is 13.2. The monoisotopic (exact) mass is 558 g/mol. The Bertz CT molecular complexity index is 1360. The first-order chi connectivity index (χ1) is 18.5. The average molecular weight is 559 g/mol. The predicted molar refractivity (Wildman–Crippen MR) is 144 cm³/mol. The van der Waals surface area contributed by atoms with Gasteiger partial charge in [-0.3, -0.25) is 10.2 Å². The van der Waals surface area contributed by atoms with Gasteiger partial charge in [-0.1, -0.05) is 30.3 Å². The molecular weight excluding hydrogens is 524 g/mol. The summed E-state index contributed by atoms with van der Waals surface area (Å²) in [5.41, 5.74) is 11.4. The summed E-state index contributed by atoms with van der Waals surface area (Å²) < 4.78 is 33.6. The number of rotatable bonds is 10. The Hall–Kier alpha value is -3.55. The fraction of sp³-hybridized carbons (Fsp3) is 0.462. The zero-order chi connectivity index (χ0) is 28.2. The summed E-state index contributed by atoms with van der Waals surface area (Å²) in [6.07, 6.45) is 2.53. The van der Waals surface area contributed by atoms with E-state index < -0.39 is 46.4 Å². The van der Waals surface area contributed by atoms with Crippen molar-refractivity contribution in [1.82, 2.24) is 14.9 Å². The van der Waals surface area contributed by atoms with Crippen LogP contribution in [0.25, 0.3) is 10.8 Å². The van der Waals surface area contributed by atoms with Crippen LogP contribution in [-0.4, -0.2) is 68.8 Å². The van der Waals surface area contributed by atoms with E-state index in [1.54, 1.807) is 23.1 Å². The second kappa shape index (κ2) is 12.1. The smallest absolute Gasteiger partial charge is 0.332 e. The van der Waals surface area contributed by atoms with Crippen LogP contribution < -0.4 is 21.5 Å². The van der Waals surface area contributed by atoms with E-state index in [0.29, 0.717) is 18.5 Å². The number of hydrogen-bond acceptors (Lipinski definition) is 8. The molecule has 1 aliphatic heterocycles. The third-order valence-electron chi connectivity index (χ3n) is 7.05. The Morgan fingerprint density at radius 2 is 1.79 bits per heavy atom. The SMILES string of the molecule is N=C(N)N1CCCC(CNC(=O)C[C@@H](NS(=O)(=O)c2ccc3ccccc3c2)C(=O)OC(=O)C(N)C2CC2)C1. The third kappa shape index (κ3) is 7.52. The second-order valence-corrected chi connectivity index (χ2v) is 11.8. The first-order valence-electron chi connectivity index (χ1n) is 12.9. The van der Waals surface area contributed by atoms with Crippen LogP contribution in [-0.2, 0) is 29.1 Å². The van der Waals surface area contributed by atoms with Crippen molar-refractivity contribution in [2.45, 2.75) is 49.1 Å². The van der Waals surface area contributed by atoms with Gasteiger partial charge in [0, 0.05) is 19.6 Å². The van der Waals surface area contributed by atoms with Crippen molar-refractivity contribution in [3.8, 4) is 0 Å². The zero-order valence-electron chi connectivity index (χ0n) is 21.5. The van der Waals surface area contributed by atoms with Gasteiger partial charge in [0.2, 0.25) is 15.9 Å². The molecular formula is C26H34N6O6S. The first-order valence-corrected chi connectivity index (χ1v) is 14.4. The molecule has 1 saturated heterocycles. The van der Waals surface area contributed by atoms with E-state index in [2.05, 4.69) is 10.0 Å². The molecule has 2 aliphatic rings. The number of ether oxygens (including phenoxy) is 1. The first kappa shape index (κ1) is 28.5. The number of fused-ring (bicyclic) bond motifs is 1. The number of nitrogens with two attached hydrogens (primary N) is 2. The Kier molecular flexibility index (Phi) is 8.83. The molecule has 0 bridgehead atoms. The van der Waals surface area contributed by atoms with Crippen LogP contribution in [0.1, 0.15) is 32.1 Å². The lowest BCUT2D eigenvalue weighted by Gasteiger charge is -2.33. The van der Waals surface area contributed by atoms with Crippen LogP contribution in [0.5, 0.6) is 0 Å². The van der Waals surface area contributed by atoms with Crippen molar-refractivity contribution in [1.29, 1.82) is 5.41 Å². The van der Waals surface area contributed by atoms with Crippen molar-refractivity contribution in [3.05, 3.63) is 42.5 Å². The van der Waals surface area contributed by atoms with Gasteiger partial charge in [0.1, 0.15) is 12.1 Å². The summed E-state index contributed by atoms with van der Waals surface area (Å²) in [6.45, 7) is 1.43. The fourth-order valence-corrected chi connectivity index (χ4v) is 5.83. The molecule has 210 valence electrons. The number of esters is 2. The van der Waals surface area contributed by atoms with E-state index >= 15 is 0 Å². The lowest BCUT2D eigenvalue weighted by atomic mass is 9.98. The minimum Gasteiger partial charge on any atom is -0.391 e. The molecule has 12 nitrogen and oxygen atoms in total. The molecule has 2 fully saturated rings. The van der Waals surface area contributed by atoms with E-state index in [0.717, 1.165) is 31.1 Å². The van der Waals surface area contributed by atoms with E-state index in [-0.39, 0.29) is 29.2 Å². The van der Waals surface area contributed by atoms with Crippen LogP contribution >= 0.6 is 0 Å². The van der Waals surface area contributed by atoms with Gasteiger partial charge in [-0.2, -0.15) is 4.72 Å². The Morgan fingerprint density at radius 1 is 1.08 bits per heavy atom. The average Bonchev–Trinajstić information content (AvgIpc) is 3.76. The maximum absolute atomic E-state index is 13.2. The van der Waals surface area contributed by atoms with Gasteiger partial charge < -0.3 is 26.4 Å². The minimum absolute atomic E-state index is 0.0319. The van der Waals surface area contributed by atoms with E-state index in [1.807, 2.05) is 12.1 Å². The molecule has 3 atom stereocenters. The van der Waals surface area contributed by atoms with Crippen molar-refractivity contribution in [2.75, 3.05) is 19.6 Å². The topological polar surface area (TPSA) is 198 Å². The van der Waals surface area contributed by atoms with Gasteiger partial charge in [0.15, 0.2) is 5.96 Å². The number of nitrogens with one attached hydrogen (secondary N) is 3. The van der Waals surface area contributed by atoms with Crippen molar-refractivity contribution in [3.63, 3.8) is 0 Å². The van der Waals surface area contributed by atoms with Gasteiger partial charge in [-0.05, 0) is 60.4 Å². The van der Waals surface area contributed by atoms with E-state index in [1.165, 1.54) is 12.1 Å². The molecule has 1 saturated carbocycles. The molecule has 13 heteroatoms. The number of benzene rings is 2. The number of sulfonamides is 1. The maximum Gasteiger partial charge on any atom is 0.332 e. The van der Waals surface area contributed by atoms with Gasteiger partial charge in [-0.25, -0.2) is 18.0 Å². The summed E-state index contributed by atoms with van der Waals surface area (Å²) in [4.78, 5) is 39.7. The molecule has 0 radical (unpaired) electrons. The summed E-state index contributed by atoms with van der Waals surface area (Å²) in [5, 5.41) is 11.8. The summed E-state index contributed by atoms with van der Waals surface area (Å²) in [7, 11) is -4.27. The lowest BCUT2D eigenvalue weighted by molar-refractivity contribution is -0.162. The second-order valence-electron chi connectivity index (χ2n) is 10.1. The standard InChI is InChI=1S/C26H34N6O6S/c27-23(18-7-8-18)25(35)38-24(34)21(13-22(33)30-14-16-4-3-11-32(15-16)26(28)29)31-39(36,37)20-10-9-17-5-1-2-6-19(17)12-20/h1-2,5-6,9-10,12,16,18,21,23,31H,3-4,7-8,11,13-15,27H2,(H3,28,29)(H,30,33)/t16?,21-,23?/m1/s1. The van der Waals surface area contributed by atoms with Gasteiger partial charge in [0.05, 0.1) is 11.3 Å². The molecule has 1 amide bonds. The van der Waals surface area contributed by atoms with Crippen molar-refractivity contribution >= 4 is 44.6 Å². The lowest BCUT2D eigenvalue weighted by Crippen LogP contribution is -2.48. The summed E-state index contributed by atoms with van der Waals surface area (Å²) >= 11 is 0. The largest absolute Gasteiger partial charge is 0.391 e. The summed E-state index contributed by atoms with van der Waals surface area (Å²) in [6, 6.07) is 9.03. The highest BCUT2D eigenvalue weighted by Gasteiger charge is 2.37. The normalized spacial score (nSPS) is 19.2. The molecule has 4 rings (SSSR count). The van der Waals surface area contributed by atoms with Crippen LogP contribution in [0.2, 0.25) is 0 Å². The Balaban J connectivity index is 1.45. The highest BCUT2D eigenvalue weighted by atomic mass is 32.2. The Labute approximate surface area is 227 Å². The minimum atomic E-state index is -4.27. The van der Waals surface area contributed by atoms with E-state index in [4.69, 9.17) is 21.6 Å². The fourth-order valence-electron chi connectivity index (χ4n) is 4.62. The predicted octanol–water partition coefficient (Wildman–Crippen LogP) is 0.406. The van der Waals surface area contributed by atoms with Crippen LogP contribution in [0.3, 0.4) is 0 Å². The van der Waals surface area contributed by atoms with Crippen LogP contribution in [0.4, 0.5) is 0 Å². The number of likely N-dealkylation sites (tertiary alicyclic amines) is 1. The van der Waals surface area contributed by atoms with Crippen molar-refractivity contribution < 1.29 is 27.5 Å². The third-order valence-corrected chi connectivity index (χ3v) is 8.52. The highest BCUT2D eigenvalue weighted by molar-refractivity contribution is 7.89. The van der Waals surface area contributed by atoms with E-state index in [9.17, 15) is 22.8 Å². The molecule has 1 aliphatic carbocycles.